The van der Waals surface area contributed by atoms with E-state index < -0.39 is 0 Å². The number of rotatable bonds is 1. The summed E-state index contributed by atoms with van der Waals surface area (Å²) in [6.45, 7) is 7.33. The third-order valence-electron chi connectivity index (χ3n) is 3.12. The Kier molecular flexibility index (Phi) is 2.18. The molecule has 0 saturated heterocycles. The maximum Gasteiger partial charge on any atom is 0.139 e. The van der Waals surface area contributed by atoms with Crippen molar-refractivity contribution < 1.29 is 0 Å². The number of nitrogens with zero attached hydrogens (tertiary/aromatic N) is 2. The van der Waals surface area contributed by atoms with Crippen LogP contribution in [0.1, 0.15) is 26.3 Å². The van der Waals surface area contributed by atoms with Crippen LogP contribution in [0.2, 0.25) is 0 Å². The van der Waals surface area contributed by atoms with Crippen LogP contribution in [0, 0.1) is 0 Å². The Morgan fingerprint density at radius 3 is 2.60 bits per heavy atom. The number of amidine groups is 1. The zero-order valence-corrected chi connectivity index (χ0v) is 9.49. The molecule has 0 aromatic heterocycles. The predicted octanol–water partition coefficient (Wildman–Crippen LogP) is 2.08. The monoisotopic (exact) mass is 203 g/mol. The zero-order chi connectivity index (χ0) is 11.1. The van der Waals surface area contributed by atoms with E-state index in [0.717, 1.165) is 12.4 Å². The molecule has 2 N–H and O–H groups in total. The number of likely N-dealkylation sites (N-methyl/N-ethyl adjacent to an activating group) is 1. The number of fused-ring (bicyclic) bond motifs is 1. The molecule has 1 aromatic carbocycles. The molecule has 0 radical (unpaired) electrons. The molecule has 1 aliphatic rings. The van der Waals surface area contributed by atoms with E-state index in [0.29, 0.717) is 0 Å². The predicted molar refractivity (Wildman–Crippen MR) is 64.1 cm³/mol. The molecule has 15 heavy (non-hydrogen) atoms. The number of benzene rings is 1. The highest BCUT2D eigenvalue weighted by Gasteiger charge is 2.40. The van der Waals surface area contributed by atoms with Gasteiger partial charge in [-0.05, 0) is 32.4 Å². The molecule has 80 valence electrons. The first-order valence-corrected chi connectivity index (χ1v) is 5.28. The average molecular weight is 203 g/mol. The second kappa shape index (κ2) is 3.26. The van der Waals surface area contributed by atoms with Crippen LogP contribution in [0.15, 0.2) is 29.4 Å². The van der Waals surface area contributed by atoms with Gasteiger partial charge in [-0.2, -0.15) is 5.10 Å². The smallest absolute Gasteiger partial charge is 0.139 e. The van der Waals surface area contributed by atoms with Crippen LogP contribution in [0.4, 0.5) is 5.69 Å². The Hall–Kier alpha value is -1.51. The van der Waals surface area contributed by atoms with E-state index in [9.17, 15) is 0 Å². The molecule has 1 aliphatic heterocycles. The summed E-state index contributed by atoms with van der Waals surface area (Å²) >= 11 is 0. The Balaban J connectivity index is 2.65. The van der Waals surface area contributed by atoms with Crippen molar-refractivity contribution in [1.29, 1.82) is 0 Å². The van der Waals surface area contributed by atoms with Crippen molar-refractivity contribution in [2.75, 3.05) is 11.4 Å². The van der Waals surface area contributed by atoms with Crippen molar-refractivity contribution in [3.8, 4) is 0 Å². The van der Waals surface area contributed by atoms with Gasteiger partial charge in [0.25, 0.3) is 0 Å². The van der Waals surface area contributed by atoms with E-state index >= 15 is 0 Å². The number of anilines is 1. The fourth-order valence-corrected chi connectivity index (χ4v) is 2.36. The molecule has 0 saturated carbocycles. The number of nitrogens with two attached hydrogens (primary N) is 1. The lowest BCUT2D eigenvalue weighted by molar-refractivity contribution is 0.725. The highest BCUT2D eigenvalue weighted by molar-refractivity contribution is 6.10. The van der Waals surface area contributed by atoms with Gasteiger partial charge in [0.2, 0.25) is 0 Å². The molecular formula is C12H17N3. The molecule has 1 aromatic rings. The fraction of sp³-hybridized carbons (Fsp3) is 0.417. The van der Waals surface area contributed by atoms with Gasteiger partial charge >= 0.3 is 0 Å². The second-order valence-corrected chi connectivity index (χ2v) is 4.34. The molecule has 3 heteroatoms. The molecule has 0 bridgehead atoms. The van der Waals surface area contributed by atoms with Crippen LogP contribution in [0.5, 0.6) is 0 Å². The summed E-state index contributed by atoms with van der Waals surface area (Å²) in [5.41, 5.74) is 2.45. The van der Waals surface area contributed by atoms with E-state index in [4.69, 9.17) is 5.84 Å². The molecule has 0 atom stereocenters. The summed E-state index contributed by atoms with van der Waals surface area (Å²) in [6.07, 6.45) is 0. The largest absolute Gasteiger partial charge is 0.328 e. The van der Waals surface area contributed by atoms with Crippen molar-refractivity contribution in [2.24, 2.45) is 10.9 Å². The Morgan fingerprint density at radius 1 is 1.33 bits per heavy atom. The lowest BCUT2D eigenvalue weighted by Crippen LogP contribution is -2.37. The van der Waals surface area contributed by atoms with Crippen LogP contribution < -0.4 is 10.7 Å². The fourth-order valence-electron chi connectivity index (χ4n) is 2.36. The standard InChI is InChI=1S/C12H17N3/c1-4-15-10-8-6-5-7-9(10)12(2,3)11(15)14-13/h5-8H,4,13H2,1-3H3. The molecule has 2 rings (SSSR count). The van der Waals surface area contributed by atoms with Gasteiger partial charge in [0.05, 0.1) is 5.41 Å². The Morgan fingerprint density at radius 2 is 2.00 bits per heavy atom. The van der Waals surface area contributed by atoms with Crippen molar-refractivity contribution in [1.82, 2.24) is 0 Å². The van der Waals surface area contributed by atoms with E-state index in [1.807, 2.05) is 0 Å². The molecule has 1 heterocycles. The topological polar surface area (TPSA) is 41.6 Å². The zero-order valence-electron chi connectivity index (χ0n) is 9.49. The van der Waals surface area contributed by atoms with Gasteiger partial charge in [0.1, 0.15) is 5.84 Å². The Labute approximate surface area is 90.6 Å². The molecule has 0 fully saturated rings. The molecule has 0 aliphatic carbocycles. The van der Waals surface area contributed by atoms with Crippen LogP contribution in [-0.2, 0) is 5.41 Å². The van der Waals surface area contributed by atoms with Gasteiger partial charge < -0.3 is 10.7 Å². The third kappa shape index (κ3) is 1.23. The third-order valence-corrected chi connectivity index (χ3v) is 3.12. The maximum atomic E-state index is 5.50. The Bertz CT molecular complexity index is 407. The summed E-state index contributed by atoms with van der Waals surface area (Å²) in [4.78, 5) is 2.18. The van der Waals surface area contributed by atoms with Crippen LogP contribution in [-0.4, -0.2) is 12.4 Å². The highest BCUT2D eigenvalue weighted by atomic mass is 15.3. The van der Waals surface area contributed by atoms with E-state index in [1.165, 1.54) is 11.3 Å². The lowest BCUT2D eigenvalue weighted by atomic mass is 9.86. The summed E-state index contributed by atoms with van der Waals surface area (Å²) < 4.78 is 0. The first kappa shape index (κ1) is 10.0. The molecular weight excluding hydrogens is 186 g/mol. The maximum absolute atomic E-state index is 5.50. The van der Waals surface area contributed by atoms with Gasteiger partial charge in [0, 0.05) is 12.2 Å². The van der Waals surface area contributed by atoms with Crippen LogP contribution in [0.3, 0.4) is 0 Å². The van der Waals surface area contributed by atoms with Gasteiger partial charge in [0.15, 0.2) is 0 Å². The van der Waals surface area contributed by atoms with Gasteiger partial charge in [-0.3, -0.25) is 0 Å². The SMILES string of the molecule is CCN1C(=NN)C(C)(C)c2ccccc21. The summed E-state index contributed by atoms with van der Waals surface area (Å²) in [5, 5.41) is 3.95. The quantitative estimate of drug-likeness (QED) is 0.561. The first-order chi connectivity index (χ1) is 7.12. The first-order valence-electron chi connectivity index (χ1n) is 5.28. The summed E-state index contributed by atoms with van der Waals surface area (Å²) in [6, 6.07) is 8.39. The van der Waals surface area contributed by atoms with Gasteiger partial charge in [-0.1, -0.05) is 18.2 Å². The molecule has 3 nitrogen and oxygen atoms in total. The second-order valence-electron chi connectivity index (χ2n) is 4.34. The van der Waals surface area contributed by atoms with Crippen LogP contribution in [0.25, 0.3) is 0 Å². The minimum Gasteiger partial charge on any atom is -0.328 e. The summed E-state index contributed by atoms with van der Waals surface area (Å²) in [7, 11) is 0. The van der Waals surface area contributed by atoms with E-state index in [-0.39, 0.29) is 5.41 Å². The average Bonchev–Trinajstić information content (AvgIpc) is 2.46. The number of para-hydroxylation sites is 1. The summed E-state index contributed by atoms with van der Waals surface area (Å²) in [5.74, 6) is 6.45. The van der Waals surface area contributed by atoms with E-state index in [2.05, 4.69) is 55.0 Å². The minimum atomic E-state index is -0.0820. The van der Waals surface area contributed by atoms with Crippen molar-refractivity contribution in [3.05, 3.63) is 29.8 Å². The molecule has 0 amide bonds. The minimum absolute atomic E-state index is 0.0820. The number of hydrogen-bond acceptors (Lipinski definition) is 2. The van der Waals surface area contributed by atoms with Crippen molar-refractivity contribution >= 4 is 11.5 Å². The van der Waals surface area contributed by atoms with Gasteiger partial charge in [-0.25, -0.2) is 0 Å². The normalized spacial score (nSPS) is 20.7. The number of hydrazone groups is 1. The lowest BCUT2D eigenvalue weighted by Gasteiger charge is -2.22. The van der Waals surface area contributed by atoms with Gasteiger partial charge in [-0.15, -0.1) is 0 Å². The van der Waals surface area contributed by atoms with Crippen LogP contribution >= 0.6 is 0 Å². The van der Waals surface area contributed by atoms with Crippen molar-refractivity contribution in [2.45, 2.75) is 26.2 Å². The highest BCUT2D eigenvalue weighted by Crippen LogP contribution is 2.41. The molecule has 0 spiro atoms. The molecule has 0 unspecified atom stereocenters. The van der Waals surface area contributed by atoms with Crippen molar-refractivity contribution in [3.63, 3.8) is 0 Å². The van der Waals surface area contributed by atoms with E-state index in [1.54, 1.807) is 0 Å². The number of hydrogen-bond donors (Lipinski definition) is 1.